The van der Waals surface area contributed by atoms with Crippen LogP contribution < -0.4 is 31.2 Å². The number of benzene rings is 2. The summed E-state index contributed by atoms with van der Waals surface area (Å²) in [6.45, 7) is 12.8. The number of primary amides is 1. The van der Waals surface area contributed by atoms with Crippen molar-refractivity contribution < 1.29 is 38.2 Å². The highest BCUT2D eigenvalue weighted by atomic mass is 16.5. The number of nitrogens with two attached hydrogens (primary N) is 1. The SMILES string of the molecule is C=C[C@@H]1C[C@]1(NC(=O)[C@@H]1C[C@@H](Oc2cc(-c3ccccc3)nc3cc(OC)ccc23)C[C@H]1C(=O)N[C@H](C(=O)N[C@](C)(C(N)=O)C1CCCCC1)C(C)(C)C)C(=O)OCC. The number of pyridine rings is 1. The summed E-state index contributed by atoms with van der Waals surface area (Å²) in [5, 5.41) is 9.59. The van der Waals surface area contributed by atoms with Crippen LogP contribution in [0.25, 0.3) is 22.2 Å². The summed E-state index contributed by atoms with van der Waals surface area (Å²) in [7, 11) is 1.58. The van der Waals surface area contributed by atoms with Crippen molar-refractivity contribution in [3.05, 3.63) is 67.3 Å². The zero-order valence-electron chi connectivity index (χ0n) is 35.1. The number of carbonyl (C=O) groups excluding carboxylic acids is 5. The maximum Gasteiger partial charge on any atom is 0.332 e. The number of aromatic nitrogens is 1. The van der Waals surface area contributed by atoms with E-state index in [0.717, 1.165) is 37.7 Å². The molecule has 5 N–H and O–H groups in total. The van der Waals surface area contributed by atoms with Crippen molar-refractivity contribution in [2.45, 2.75) is 109 Å². The van der Waals surface area contributed by atoms with Crippen LogP contribution in [0.1, 0.15) is 86.0 Å². The number of esters is 1. The molecule has 316 valence electrons. The molecule has 3 aliphatic carbocycles. The van der Waals surface area contributed by atoms with Gasteiger partial charge in [0.05, 0.1) is 36.8 Å². The molecule has 0 spiro atoms. The van der Waals surface area contributed by atoms with Crippen LogP contribution in [0.3, 0.4) is 0 Å². The Labute approximate surface area is 346 Å². The van der Waals surface area contributed by atoms with E-state index >= 15 is 0 Å². The summed E-state index contributed by atoms with van der Waals surface area (Å²) in [6, 6.07) is 15.9. The Morgan fingerprint density at radius 1 is 0.966 bits per heavy atom. The minimum Gasteiger partial charge on any atom is -0.497 e. The number of amides is 4. The number of methoxy groups -OCH3 is 1. The molecule has 7 atom stereocenters. The average molecular weight is 810 g/mol. The van der Waals surface area contributed by atoms with Crippen molar-refractivity contribution in [1.29, 1.82) is 0 Å². The van der Waals surface area contributed by atoms with Gasteiger partial charge in [-0.2, -0.15) is 0 Å². The molecule has 13 heteroatoms. The van der Waals surface area contributed by atoms with Crippen molar-refractivity contribution in [1.82, 2.24) is 20.9 Å². The van der Waals surface area contributed by atoms with E-state index in [1.165, 1.54) is 0 Å². The molecule has 0 bridgehead atoms. The van der Waals surface area contributed by atoms with E-state index < -0.39 is 70.1 Å². The number of nitrogens with one attached hydrogen (secondary N) is 3. The number of ether oxygens (including phenoxy) is 3. The predicted octanol–water partition coefficient (Wildman–Crippen LogP) is 5.78. The van der Waals surface area contributed by atoms with Crippen LogP contribution in [0.15, 0.2) is 67.3 Å². The fourth-order valence-corrected chi connectivity index (χ4v) is 8.88. The van der Waals surface area contributed by atoms with Gasteiger partial charge in [-0.05, 0) is 69.4 Å². The fourth-order valence-electron chi connectivity index (χ4n) is 8.88. The first-order chi connectivity index (χ1) is 28.0. The molecule has 4 amide bonds. The number of hydrogen-bond acceptors (Lipinski definition) is 9. The monoisotopic (exact) mass is 809 g/mol. The molecule has 3 aromatic rings. The van der Waals surface area contributed by atoms with Crippen LogP contribution in [-0.2, 0) is 28.7 Å². The minimum absolute atomic E-state index is 0.126. The van der Waals surface area contributed by atoms with Gasteiger partial charge in [0.1, 0.15) is 34.7 Å². The average Bonchev–Trinajstić information content (AvgIpc) is 3.77. The van der Waals surface area contributed by atoms with Crippen molar-refractivity contribution in [2.75, 3.05) is 13.7 Å². The standard InChI is InChI=1S/C46H59N5O8/c1-8-28-26-46(28,43(56)58-9-2)51-40(53)34-23-31(59-37-25-35(27-16-12-10-13-17-27)48-36-24-30(57-7)20-21-32(36)37)22-33(34)39(52)49-38(44(3,4)5)41(54)50-45(6,42(47)55)29-18-14-11-15-19-29/h8,10,12-13,16-17,20-21,24-25,28-29,31,33-34,38H,1,9,11,14-15,18-19,22-23,26H2,2-7H3,(H2,47,55)(H,49,52)(H,50,54)(H,51,53)/t28-,31+,33-,34-,38-,45+,46-/m1/s1. The Kier molecular flexibility index (Phi) is 12.7. The van der Waals surface area contributed by atoms with Crippen LogP contribution in [0.2, 0.25) is 0 Å². The van der Waals surface area contributed by atoms with Gasteiger partial charge in [-0.15, -0.1) is 6.58 Å². The summed E-state index contributed by atoms with van der Waals surface area (Å²) in [5.74, 6) is -4.00. The molecule has 2 aromatic carbocycles. The van der Waals surface area contributed by atoms with Gasteiger partial charge in [0.15, 0.2) is 0 Å². The third kappa shape index (κ3) is 9.08. The van der Waals surface area contributed by atoms with Crippen LogP contribution in [-0.4, -0.2) is 71.5 Å². The number of nitrogens with zero attached hydrogens (tertiary/aromatic N) is 1. The van der Waals surface area contributed by atoms with Gasteiger partial charge >= 0.3 is 5.97 Å². The Hall–Kier alpha value is -5.46. The van der Waals surface area contributed by atoms with E-state index in [-0.39, 0.29) is 31.3 Å². The summed E-state index contributed by atoms with van der Waals surface area (Å²) in [4.78, 5) is 74.3. The fraction of sp³-hybridized carbons (Fsp3) is 0.522. The van der Waals surface area contributed by atoms with E-state index in [0.29, 0.717) is 34.5 Å². The Morgan fingerprint density at radius 2 is 1.64 bits per heavy atom. The van der Waals surface area contributed by atoms with Gasteiger partial charge in [0.2, 0.25) is 23.6 Å². The van der Waals surface area contributed by atoms with Crippen LogP contribution in [0.5, 0.6) is 11.5 Å². The highest BCUT2D eigenvalue weighted by Gasteiger charge is 2.62. The van der Waals surface area contributed by atoms with Crippen molar-refractivity contribution in [3.63, 3.8) is 0 Å². The molecular formula is C46H59N5O8. The molecule has 3 aliphatic rings. The molecule has 1 aromatic heterocycles. The summed E-state index contributed by atoms with van der Waals surface area (Å²) in [5.41, 5.74) is 4.72. The van der Waals surface area contributed by atoms with Gasteiger partial charge in [0.25, 0.3) is 0 Å². The van der Waals surface area contributed by atoms with E-state index in [2.05, 4.69) is 22.5 Å². The maximum atomic E-state index is 14.6. The minimum atomic E-state index is -1.32. The van der Waals surface area contributed by atoms with E-state index in [9.17, 15) is 24.0 Å². The molecule has 13 nitrogen and oxygen atoms in total. The van der Waals surface area contributed by atoms with Crippen molar-refractivity contribution >= 4 is 40.5 Å². The zero-order chi connectivity index (χ0) is 42.7. The van der Waals surface area contributed by atoms with Crippen LogP contribution in [0.4, 0.5) is 0 Å². The second-order valence-electron chi connectivity index (χ2n) is 17.6. The van der Waals surface area contributed by atoms with Gasteiger partial charge < -0.3 is 35.9 Å². The summed E-state index contributed by atoms with van der Waals surface area (Å²) < 4.78 is 17.6. The lowest BCUT2D eigenvalue weighted by molar-refractivity contribution is -0.150. The number of carbonyl (C=O) groups is 5. The number of fused-ring (bicyclic) bond motifs is 1. The molecule has 1 heterocycles. The van der Waals surface area contributed by atoms with Crippen LogP contribution in [0, 0.1) is 29.1 Å². The maximum absolute atomic E-state index is 14.6. The highest BCUT2D eigenvalue weighted by molar-refractivity contribution is 5.97. The summed E-state index contributed by atoms with van der Waals surface area (Å²) in [6.07, 6.45) is 5.99. The Morgan fingerprint density at radius 3 is 2.24 bits per heavy atom. The van der Waals surface area contributed by atoms with E-state index in [4.69, 9.17) is 24.9 Å². The third-order valence-electron chi connectivity index (χ3n) is 12.6. The molecule has 0 saturated heterocycles. The first-order valence-corrected chi connectivity index (χ1v) is 20.8. The molecule has 0 radical (unpaired) electrons. The van der Waals surface area contributed by atoms with Gasteiger partial charge in [-0.25, -0.2) is 9.78 Å². The molecule has 3 saturated carbocycles. The molecule has 6 rings (SSSR count). The highest BCUT2D eigenvalue weighted by Crippen LogP contribution is 2.47. The first-order valence-electron chi connectivity index (χ1n) is 20.8. The topological polar surface area (TPSA) is 188 Å². The van der Waals surface area contributed by atoms with E-state index in [1.807, 2.05) is 75.4 Å². The molecule has 3 fully saturated rings. The predicted molar refractivity (Wildman–Crippen MR) is 224 cm³/mol. The lowest BCUT2D eigenvalue weighted by Gasteiger charge is -2.40. The smallest absolute Gasteiger partial charge is 0.332 e. The second kappa shape index (κ2) is 17.4. The second-order valence-corrected chi connectivity index (χ2v) is 17.6. The number of hydrogen-bond donors (Lipinski definition) is 4. The summed E-state index contributed by atoms with van der Waals surface area (Å²) >= 11 is 0. The lowest BCUT2D eigenvalue weighted by atomic mass is 9.74. The molecule has 0 aliphatic heterocycles. The first kappa shape index (κ1) is 43.1. The van der Waals surface area contributed by atoms with Gasteiger partial charge in [-0.3, -0.25) is 19.2 Å². The van der Waals surface area contributed by atoms with Gasteiger partial charge in [0, 0.05) is 29.0 Å². The Bertz CT molecular complexity index is 2080. The Balaban J connectivity index is 1.32. The molecule has 0 unspecified atom stereocenters. The molecule has 59 heavy (non-hydrogen) atoms. The quantitative estimate of drug-likeness (QED) is 0.109. The third-order valence-corrected chi connectivity index (χ3v) is 12.6. The normalized spacial score (nSPS) is 24.5. The van der Waals surface area contributed by atoms with Crippen LogP contribution >= 0.6 is 0 Å². The number of rotatable bonds is 15. The van der Waals surface area contributed by atoms with E-state index in [1.54, 1.807) is 27.0 Å². The molecular weight excluding hydrogens is 751 g/mol. The van der Waals surface area contributed by atoms with Gasteiger partial charge in [-0.1, -0.05) is 76.4 Å². The lowest BCUT2D eigenvalue weighted by Crippen LogP contribution is -2.65. The largest absolute Gasteiger partial charge is 0.497 e. The van der Waals surface area contributed by atoms with Crippen molar-refractivity contribution in [2.24, 2.45) is 34.8 Å². The van der Waals surface area contributed by atoms with Crippen molar-refractivity contribution in [3.8, 4) is 22.8 Å². The zero-order valence-corrected chi connectivity index (χ0v) is 35.1.